The SMILES string of the molecule is COc1ccc([N+](=O)[O-])c(N2CCCC(O)C2)n1. The summed E-state index contributed by atoms with van der Waals surface area (Å²) in [6.45, 7) is 1.01. The van der Waals surface area contributed by atoms with E-state index in [9.17, 15) is 15.2 Å². The molecular formula is C11H15N3O4. The van der Waals surface area contributed by atoms with Crippen LogP contribution in [-0.4, -0.2) is 41.3 Å². The van der Waals surface area contributed by atoms with Crippen LogP contribution in [0.4, 0.5) is 11.5 Å². The largest absolute Gasteiger partial charge is 0.481 e. The normalized spacial score (nSPS) is 19.7. The Morgan fingerprint density at radius 3 is 3.00 bits per heavy atom. The summed E-state index contributed by atoms with van der Waals surface area (Å²) in [5, 5.41) is 20.6. The van der Waals surface area contributed by atoms with Crippen molar-refractivity contribution >= 4 is 11.5 Å². The van der Waals surface area contributed by atoms with Gasteiger partial charge < -0.3 is 14.7 Å². The molecule has 0 spiro atoms. The van der Waals surface area contributed by atoms with Crippen LogP contribution in [0.2, 0.25) is 0 Å². The summed E-state index contributed by atoms with van der Waals surface area (Å²) in [6, 6.07) is 2.84. The summed E-state index contributed by atoms with van der Waals surface area (Å²) < 4.78 is 4.98. The van der Waals surface area contributed by atoms with Gasteiger partial charge in [-0.3, -0.25) is 10.1 Å². The van der Waals surface area contributed by atoms with Crippen molar-refractivity contribution in [3.63, 3.8) is 0 Å². The number of rotatable bonds is 3. The number of nitro groups is 1. The molecule has 7 heteroatoms. The maximum absolute atomic E-state index is 11.0. The number of methoxy groups -OCH3 is 1. The van der Waals surface area contributed by atoms with Gasteiger partial charge in [0, 0.05) is 25.2 Å². The van der Waals surface area contributed by atoms with E-state index in [4.69, 9.17) is 4.74 Å². The maximum Gasteiger partial charge on any atom is 0.311 e. The molecule has 7 nitrogen and oxygen atoms in total. The maximum atomic E-state index is 11.0. The van der Waals surface area contributed by atoms with Crippen molar-refractivity contribution in [1.29, 1.82) is 0 Å². The predicted octanol–water partition coefficient (Wildman–Crippen LogP) is 0.959. The van der Waals surface area contributed by atoms with Crippen LogP contribution in [0.1, 0.15) is 12.8 Å². The number of ether oxygens (including phenoxy) is 1. The molecule has 1 aliphatic heterocycles. The first-order chi connectivity index (χ1) is 8.61. The van der Waals surface area contributed by atoms with Crippen LogP contribution in [0, 0.1) is 10.1 Å². The van der Waals surface area contributed by atoms with E-state index in [1.807, 2.05) is 0 Å². The molecule has 1 N–H and O–H groups in total. The lowest BCUT2D eigenvalue weighted by molar-refractivity contribution is -0.384. The molecule has 0 saturated carbocycles. The van der Waals surface area contributed by atoms with E-state index >= 15 is 0 Å². The minimum absolute atomic E-state index is 0.0649. The molecule has 1 aromatic rings. The van der Waals surface area contributed by atoms with Crippen LogP contribution < -0.4 is 9.64 Å². The molecule has 0 bridgehead atoms. The van der Waals surface area contributed by atoms with Crippen LogP contribution in [0.3, 0.4) is 0 Å². The van der Waals surface area contributed by atoms with Gasteiger partial charge in [-0.05, 0) is 12.8 Å². The van der Waals surface area contributed by atoms with Gasteiger partial charge in [-0.1, -0.05) is 0 Å². The van der Waals surface area contributed by atoms with Crippen LogP contribution in [0.15, 0.2) is 12.1 Å². The Kier molecular flexibility index (Phi) is 3.61. The summed E-state index contributed by atoms with van der Waals surface area (Å²) in [6.07, 6.45) is 1.04. The predicted molar refractivity (Wildman–Crippen MR) is 64.9 cm³/mol. The summed E-state index contributed by atoms with van der Waals surface area (Å²) in [4.78, 5) is 16.4. The third kappa shape index (κ3) is 2.51. The fraction of sp³-hybridized carbons (Fsp3) is 0.545. The fourth-order valence-corrected chi connectivity index (χ4v) is 2.06. The van der Waals surface area contributed by atoms with Gasteiger partial charge in [0.25, 0.3) is 0 Å². The molecule has 1 aromatic heterocycles. The highest BCUT2D eigenvalue weighted by atomic mass is 16.6. The van der Waals surface area contributed by atoms with Crippen LogP contribution in [0.25, 0.3) is 0 Å². The Morgan fingerprint density at radius 1 is 1.61 bits per heavy atom. The van der Waals surface area contributed by atoms with Crippen molar-refractivity contribution in [3.8, 4) is 5.88 Å². The smallest absolute Gasteiger partial charge is 0.311 e. The van der Waals surface area contributed by atoms with Gasteiger partial charge in [0.2, 0.25) is 11.7 Å². The minimum atomic E-state index is -0.469. The summed E-state index contributed by atoms with van der Waals surface area (Å²) >= 11 is 0. The molecule has 1 saturated heterocycles. The number of pyridine rings is 1. The molecular weight excluding hydrogens is 238 g/mol. The first kappa shape index (κ1) is 12.6. The number of anilines is 1. The Bertz CT molecular complexity index is 452. The lowest BCUT2D eigenvalue weighted by atomic mass is 10.1. The molecule has 1 aliphatic rings. The second kappa shape index (κ2) is 5.18. The molecule has 1 unspecified atom stereocenters. The minimum Gasteiger partial charge on any atom is -0.481 e. The van der Waals surface area contributed by atoms with E-state index in [0.717, 1.165) is 6.42 Å². The van der Waals surface area contributed by atoms with Crippen LogP contribution in [0.5, 0.6) is 5.88 Å². The first-order valence-corrected chi connectivity index (χ1v) is 5.74. The zero-order chi connectivity index (χ0) is 13.1. The Labute approximate surface area is 104 Å². The van der Waals surface area contributed by atoms with E-state index in [2.05, 4.69) is 4.98 Å². The number of piperidine rings is 1. The Morgan fingerprint density at radius 2 is 2.39 bits per heavy atom. The van der Waals surface area contributed by atoms with E-state index < -0.39 is 11.0 Å². The summed E-state index contributed by atoms with van der Waals surface area (Å²) in [7, 11) is 1.46. The molecule has 1 atom stereocenters. The van der Waals surface area contributed by atoms with Gasteiger partial charge in [-0.2, -0.15) is 4.98 Å². The van der Waals surface area contributed by atoms with E-state index in [1.165, 1.54) is 19.2 Å². The number of hydrogen-bond acceptors (Lipinski definition) is 6. The lowest BCUT2D eigenvalue weighted by Gasteiger charge is -2.30. The second-order valence-corrected chi connectivity index (χ2v) is 4.20. The molecule has 98 valence electrons. The van der Waals surface area contributed by atoms with E-state index in [0.29, 0.717) is 25.4 Å². The average Bonchev–Trinajstić information content (AvgIpc) is 2.38. The molecule has 2 heterocycles. The van der Waals surface area contributed by atoms with Crippen molar-refractivity contribution in [3.05, 3.63) is 22.2 Å². The average molecular weight is 253 g/mol. The standard InChI is InChI=1S/C11H15N3O4/c1-18-10-5-4-9(14(16)17)11(12-10)13-6-2-3-8(15)7-13/h4-5,8,15H,2-3,6-7H2,1H3. The molecule has 18 heavy (non-hydrogen) atoms. The zero-order valence-electron chi connectivity index (χ0n) is 10.1. The Hall–Kier alpha value is -1.89. The number of aromatic nitrogens is 1. The molecule has 1 fully saturated rings. The second-order valence-electron chi connectivity index (χ2n) is 4.20. The van der Waals surface area contributed by atoms with E-state index in [1.54, 1.807) is 4.90 Å². The molecule has 0 amide bonds. The topological polar surface area (TPSA) is 88.7 Å². The summed E-state index contributed by atoms with van der Waals surface area (Å²) in [5.74, 6) is 0.591. The lowest BCUT2D eigenvalue weighted by Crippen LogP contribution is -2.39. The van der Waals surface area contributed by atoms with Gasteiger partial charge in [-0.15, -0.1) is 0 Å². The van der Waals surface area contributed by atoms with Gasteiger partial charge >= 0.3 is 5.69 Å². The van der Waals surface area contributed by atoms with Gasteiger partial charge in [0.15, 0.2) is 0 Å². The first-order valence-electron chi connectivity index (χ1n) is 5.74. The number of β-amino-alcohol motifs (C(OH)–C–C–N with tert-alkyl or cyclic N) is 1. The number of aliphatic hydroxyl groups is 1. The third-order valence-electron chi connectivity index (χ3n) is 2.93. The third-order valence-corrected chi connectivity index (χ3v) is 2.93. The highest BCUT2D eigenvalue weighted by Crippen LogP contribution is 2.30. The van der Waals surface area contributed by atoms with E-state index in [-0.39, 0.29) is 11.5 Å². The molecule has 0 aromatic carbocycles. The quantitative estimate of drug-likeness (QED) is 0.637. The Balaban J connectivity index is 2.36. The van der Waals surface area contributed by atoms with Crippen molar-refractivity contribution in [1.82, 2.24) is 4.98 Å². The highest BCUT2D eigenvalue weighted by molar-refractivity contribution is 5.59. The zero-order valence-corrected chi connectivity index (χ0v) is 10.1. The van der Waals surface area contributed by atoms with Crippen LogP contribution in [-0.2, 0) is 0 Å². The number of hydrogen-bond donors (Lipinski definition) is 1. The van der Waals surface area contributed by atoms with Crippen molar-refractivity contribution in [2.24, 2.45) is 0 Å². The monoisotopic (exact) mass is 253 g/mol. The van der Waals surface area contributed by atoms with Gasteiger partial charge in [0.05, 0.1) is 18.1 Å². The van der Waals surface area contributed by atoms with Crippen LogP contribution >= 0.6 is 0 Å². The van der Waals surface area contributed by atoms with Gasteiger partial charge in [0.1, 0.15) is 0 Å². The van der Waals surface area contributed by atoms with Crippen molar-refractivity contribution in [2.45, 2.75) is 18.9 Å². The molecule has 2 rings (SSSR count). The van der Waals surface area contributed by atoms with Gasteiger partial charge in [-0.25, -0.2) is 0 Å². The number of aliphatic hydroxyl groups excluding tert-OH is 1. The molecule has 0 radical (unpaired) electrons. The van der Waals surface area contributed by atoms with Crippen molar-refractivity contribution in [2.75, 3.05) is 25.1 Å². The van der Waals surface area contributed by atoms with Crippen molar-refractivity contribution < 1.29 is 14.8 Å². The summed E-state index contributed by atoms with van der Waals surface area (Å²) in [5.41, 5.74) is -0.0649. The molecule has 0 aliphatic carbocycles. The highest BCUT2D eigenvalue weighted by Gasteiger charge is 2.26. The fourth-order valence-electron chi connectivity index (χ4n) is 2.06. The number of nitrogens with zero attached hydrogens (tertiary/aromatic N) is 3.